The Hall–Kier alpha value is -4.86. The number of anilines is 2. The van der Waals surface area contributed by atoms with E-state index in [1.807, 2.05) is 11.3 Å². The molecular formula is C38H26N2S. The van der Waals surface area contributed by atoms with Crippen molar-refractivity contribution in [2.45, 2.75) is 6.42 Å². The van der Waals surface area contributed by atoms with Gasteiger partial charge in [-0.1, -0.05) is 78.9 Å². The first kappa shape index (κ1) is 22.9. The van der Waals surface area contributed by atoms with Crippen LogP contribution in [0.2, 0.25) is 0 Å². The number of benzene rings is 6. The highest BCUT2D eigenvalue weighted by atomic mass is 32.1. The van der Waals surface area contributed by atoms with Crippen molar-refractivity contribution in [1.82, 2.24) is 4.57 Å². The molecule has 0 saturated carbocycles. The number of hydrogen-bond acceptors (Lipinski definition) is 2. The van der Waals surface area contributed by atoms with Crippen molar-refractivity contribution in [2.75, 3.05) is 11.4 Å². The summed E-state index contributed by atoms with van der Waals surface area (Å²) >= 11 is 1.91. The van der Waals surface area contributed by atoms with Gasteiger partial charge in [0.15, 0.2) is 0 Å². The minimum atomic E-state index is 1.01. The van der Waals surface area contributed by atoms with Crippen molar-refractivity contribution in [3.8, 4) is 16.8 Å². The number of rotatable bonds is 3. The van der Waals surface area contributed by atoms with Crippen molar-refractivity contribution in [2.24, 2.45) is 0 Å². The third-order valence-electron chi connectivity index (χ3n) is 8.67. The van der Waals surface area contributed by atoms with Crippen molar-refractivity contribution >= 4 is 64.7 Å². The zero-order chi connectivity index (χ0) is 26.9. The van der Waals surface area contributed by atoms with E-state index in [1.165, 1.54) is 75.7 Å². The van der Waals surface area contributed by atoms with Crippen LogP contribution >= 0.6 is 11.3 Å². The lowest BCUT2D eigenvalue weighted by atomic mass is 9.99. The Morgan fingerprint density at radius 1 is 0.512 bits per heavy atom. The fraction of sp³-hybridized carbons (Fsp3) is 0.0526. The molecule has 0 atom stereocenters. The van der Waals surface area contributed by atoms with E-state index in [1.54, 1.807) is 0 Å². The number of para-hydroxylation sites is 2. The smallest absolute Gasteiger partial charge is 0.0592 e. The van der Waals surface area contributed by atoms with Gasteiger partial charge in [-0.25, -0.2) is 0 Å². The van der Waals surface area contributed by atoms with Crippen molar-refractivity contribution < 1.29 is 0 Å². The maximum Gasteiger partial charge on any atom is 0.0592 e. The van der Waals surface area contributed by atoms with Crippen LogP contribution in [-0.2, 0) is 6.42 Å². The maximum absolute atomic E-state index is 2.52. The van der Waals surface area contributed by atoms with Gasteiger partial charge in [0.2, 0.25) is 0 Å². The van der Waals surface area contributed by atoms with Crippen LogP contribution < -0.4 is 4.90 Å². The van der Waals surface area contributed by atoms with E-state index >= 15 is 0 Å². The van der Waals surface area contributed by atoms with Gasteiger partial charge in [0.25, 0.3) is 0 Å². The molecule has 0 saturated heterocycles. The number of thiophene rings is 1. The Morgan fingerprint density at radius 3 is 2.17 bits per heavy atom. The van der Waals surface area contributed by atoms with E-state index in [4.69, 9.17) is 0 Å². The minimum absolute atomic E-state index is 1.01. The monoisotopic (exact) mass is 542 g/mol. The van der Waals surface area contributed by atoms with E-state index < -0.39 is 0 Å². The molecule has 2 aromatic heterocycles. The van der Waals surface area contributed by atoms with E-state index in [0.29, 0.717) is 0 Å². The molecule has 0 N–H and O–H groups in total. The fourth-order valence-corrected chi connectivity index (χ4v) is 8.01. The normalized spacial score (nSPS) is 13.1. The molecule has 3 heteroatoms. The Labute approximate surface area is 242 Å². The molecule has 6 aromatic carbocycles. The number of aromatic nitrogens is 1. The minimum Gasteiger partial charge on any atom is -0.340 e. The molecule has 41 heavy (non-hydrogen) atoms. The van der Waals surface area contributed by atoms with Crippen molar-refractivity contribution in [3.05, 3.63) is 139 Å². The average molecular weight is 543 g/mol. The van der Waals surface area contributed by atoms with E-state index in [9.17, 15) is 0 Å². The van der Waals surface area contributed by atoms with Crippen LogP contribution in [0.15, 0.2) is 133 Å². The lowest BCUT2D eigenvalue weighted by molar-refractivity contribution is 1.00. The Balaban J connectivity index is 1.15. The summed E-state index contributed by atoms with van der Waals surface area (Å²) in [7, 11) is 0. The van der Waals surface area contributed by atoms with Gasteiger partial charge >= 0.3 is 0 Å². The van der Waals surface area contributed by atoms with Gasteiger partial charge in [-0.05, 0) is 77.7 Å². The maximum atomic E-state index is 2.52. The molecule has 0 bridgehead atoms. The first-order valence-electron chi connectivity index (χ1n) is 14.2. The molecule has 1 aliphatic rings. The second-order valence-electron chi connectivity index (χ2n) is 10.9. The Morgan fingerprint density at radius 2 is 1.24 bits per heavy atom. The highest BCUT2D eigenvalue weighted by molar-refractivity contribution is 7.26. The molecule has 0 amide bonds. The molecule has 0 spiro atoms. The van der Waals surface area contributed by atoms with Crippen molar-refractivity contribution in [1.29, 1.82) is 0 Å². The molecule has 0 aliphatic carbocycles. The standard InChI is InChI=1S/C38H26N2S/c1-2-9-28(10-3-1)40-34-14-6-4-11-29(34)32-24-26(18-20-35(32)40)25-17-19-33-27(23-25)21-22-39(33)36-15-8-13-31-30-12-5-7-16-37(30)41-38(31)36/h1-20,23-24H,21-22H2. The van der Waals surface area contributed by atoms with Gasteiger partial charge in [-0.3, -0.25) is 0 Å². The molecule has 0 radical (unpaired) electrons. The van der Waals surface area contributed by atoms with Crippen LogP contribution in [0.1, 0.15) is 5.56 Å². The first-order chi connectivity index (χ1) is 20.3. The molecule has 2 nitrogen and oxygen atoms in total. The van der Waals surface area contributed by atoms with Crippen LogP contribution in [0.5, 0.6) is 0 Å². The van der Waals surface area contributed by atoms with Crippen LogP contribution in [0.25, 0.3) is 58.8 Å². The van der Waals surface area contributed by atoms with Crippen LogP contribution in [-0.4, -0.2) is 11.1 Å². The third-order valence-corrected chi connectivity index (χ3v) is 9.88. The fourth-order valence-electron chi connectivity index (χ4n) is 6.78. The summed E-state index contributed by atoms with van der Waals surface area (Å²) in [5.41, 5.74) is 10.3. The van der Waals surface area contributed by atoms with E-state index in [-0.39, 0.29) is 0 Å². The number of fused-ring (bicyclic) bond motifs is 7. The Kier molecular flexibility index (Phi) is 4.93. The van der Waals surface area contributed by atoms with Crippen LogP contribution in [0.4, 0.5) is 11.4 Å². The summed E-state index contributed by atoms with van der Waals surface area (Å²) in [6.45, 7) is 1.01. The lowest BCUT2D eigenvalue weighted by Gasteiger charge is -2.20. The summed E-state index contributed by atoms with van der Waals surface area (Å²) < 4.78 is 5.11. The quantitative estimate of drug-likeness (QED) is 0.216. The topological polar surface area (TPSA) is 8.17 Å². The van der Waals surface area contributed by atoms with Crippen LogP contribution in [0.3, 0.4) is 0 Å². The molecular weight excluding hydrogens is 516 g/mol. The zero-order valence-electron chi connectivity index (χ0n) is 22.4. The summed E-state index contributed by atoms with van der Waals surface area (Å²) in [6, 6.07) is 49.0. The summed E-state index contributed by atoms with van der Waals surface area (Å²) in [5, 5.41) is 5.29. The predicted octanol–water partition coefficient (Wildman–Crippen LogP) is 10.5. The van der Waals surface area contributed by atoms with Gasteiger partial charge in [-0.2, -0.15) is 0 Å². The van der Waals surface area contributed by atoms with Crippen LogP contribution in [0, 0.1) is 0 Å². The predicted molar refractivity (Wildman–Crippen MR) is 176 cm³/mol. The summed E-state index contributed by atoms with van der Waals surface area (Å²) in [4.78, 5) is 2.52. The number of nitrogens with zero attached hydrogens (tertiary/aromatic N) is 2. The molecule has 3 heterocycles. The van der Waals surface area contributed by atoms with Gasteiger partial charge in [0, 0.05) is 44.2 Å². The lowest BCUT2D eigenvalue weighted by Crippen LogP contribution is -2.13. The molecule has 8 aromatic rings. The SMILES string of the molecule is c1ccc(-n2c3ccccc3c3cc(-c4ccc5c(c4)CCN5c4cccc5c4sc4ccccc45)ccc32)cc1. The second kappa shape index (κ2) is 8.82. The summed E-state index contributed by atoms with van der Waals surface area (Å²) in [6.07, 6.45) is 1.06. The highest BCUT2D eigenvalue weighted by Gasteiger charge is 2.24. The van der Waals surface area contributed by atoms with Gasteiger partial charge in [0.1, 0.15) is 0 Å². The molecule has 9 rings (SSSR count). The largest absolute Gasteiger partial charge is 0.340 e. The zero-order valence-corrected chi connectivity index (χ0v) is 23.2. The molecule has 194 valence electrons. The van der Waals surface area contributed by atoms with E-state index in [0.717, 1.165) is 13.0 Å². The summed E-state index contributed by atoms with van der Waals surface area (Å²) in [5.74, 6) is 0. The number of hydrogen-bond donors (Lipinski definition) is 0. The van der Waals surface area contributed by atoms with Gasteiger partial charge in [-0.15, -0.1) is 11.3 Å². The van der Waals surface area contributed by atoms with E-state index in [2.05, 4.69) is 143 Å². The Bertz CT molecular complexity index is 2270. The van der Waals surface area contributed by atoms with Gasteiger partial charge < -0.3 is 9.47 Å². The van der Waals surface area contributed by atoms with Crippen molar-refractivity contribution in [3.63, 3.8) is 0 Å². The molecule has 1 aliphatic heterocycles. The second-order valence-corrected chi connectivity index (χ2v) is 12.0. The molecule has 0 unspecified atom stereocenters. The molecule has 0 fully saturated rings. The van der Waals surface area contributed by atoms with Gasteiger partial charge in [0.05, 0.1) is 21.4 Å². The third kappa shape index (κ3) is 3.43. The first-order valence-corrected chi connectivity index (χ1v) is 15.0. The highest BCUT2D eigenvalue weighted by Crippen LogP contribution is 2.45. The average Bonchev–Trinajstić information content (AvgIpc) is 3.72.